The number of hydrogen-bond donors (Lipinski definition) is 1. The van der Waals surface area contributed by atoms with Crippen LogP contribution in [0.25, 0.3) is 0 Å². The maximum atomic E-state index is 8.71. The lowest BCUT2D eigenvalue weighted by atomic mass is 10.3. The van der Waals surface area contributed by atoms with Crippen molar-refractivity contribution in [3.63, 3.8) is 0 Å². The molecule has 0 amide bonds. The van der Waals surface area contributed by atoms with E-state index in [1.54, 1.807) is 11.8 Å². The van der Waals surface area contributed by atoms with Gasteiger partial charge in [0.05, 0.1) is 10.5 Å². The van der Waals surface area contributed by atoms with E-state index in [1.807, 2.05) is 11.3 Å². The Labute approximate surface area is 120 Å². The molecule has 1 nitrogen and oxygen atoms in total. The highest BCUT2D eigenvalue weighted by Crippen LogP contribution is 2.51. The van der Waals surface area contributed by atoms with Gasteiger partial charge in [0.25, 0.3) is 0 Å². The lowest BCUT2D eigenvalue weighted by molar-refractivity contribution is 0.375. The molecule has 1 aliphatic heterocycles. The van der Waals surface area contributed by atoms with Gasteiger partial charge in [0, 0.05) is 15.9 Å². The van der Waals surface area contributed by atoms with Crippen LogP contribution < -0.4 is 0 Å². The molecule has 2 rings (SSSR count). The molecule has 1 aromatic heterocycles. The minimum Gasteiger partial charge on any atom is -0.386 e. The first-order chi connectivity index (χ1) is 8.29. The third kappa shape index (κ3) is 4.39. The van der Waals surface area contributed by atoms with Gasteiger partial charge < -0.3 is 5.11 Å². The second-order valence-electron chi connectivity index (χ2n) is 4.13. The van der Waals surface area contributed by atoms with Gasteiger partial charge in [-0.3, -0.25) is 0 Å². The Morgan fingerprint density at radius 3 is 3.12 bits per heavy atom. The standard InChI is InChI=1S/C12H18OS4/c1-9-5-11(15-6-9)12-16-7-10(17-12)3-2-4-14-8-13/h5-6,10,12-13H,2-4,7-8H2,1H3. The van der Waals surface area contributed by atoms with E-state index in [2.05, 4.69) is 41.9 Å². The fourth-order valence-electron chi connectivity index (χ4n) is 1.80. The number of aliphatic hydroxyl groups is 1. The zero-order valence-electron chi connectivity index (χ0n) is 9.93. The molecule has 2 unspecified atom stereocenters. The van der Waals surface area contributed by atoms with Crippen LogP contribution in [0.4, 0.5) is 0 Å². The SMILES string of the molecule is Cc1csc(C2SCC(CCCSCO)S2)c1. The van der Waals surface area contributed by atoms with Crippen molar-refractivity contribution in [2.45, 2.75) is 29.6 Å². The summed E-state index contributed by atoms with van der Waals surface area (Å²) in [7, 11) is 0. The zero-order valence-corrected chi connectivity index (χ0v) is 13.2. The Morgan fingerprint density at radius 1 is 1.53 bits per heavy atom. The number of thiophene rings is 1. The molecule has 1 N–H and O–H groups in total. The van der Waals surface area contributed by atoms with Gasteiger partial charge in [-0.15, -0.1) is 46.6 Å². The molecule has 2 heterocycles. The van der Waals surface area contributed by atoms with Gasteiger partial charge in [0.1, 0.15) is 0 Å². The summed E-state index contributed by atoms with van der Waals surface area (Å²) in [4.78, 5) is 1.53. The van der Waals surface area contributed by atoms with E-state index >= 15 is 0 Å². The topological polar surface area (TPSA) is 20.2 Å². The third-order valence-corrected chi connectivity index (χ3v) is 8.20. The van der Waals surface area contributed by atoms with Crippen LogP contribution >= 0.6 is 46.6 Å². The average molecular weight is 307 g/mol. The summed E-state index contributed by atoms with van der Waals surface area (Å²) in [5.74, 6) is 2.65. The van der Waals surface area contributed by atoms with Crippen molar-refractivity contribution in [1.29, 1.82) is 0 Å². The van der Waals surface area contributed by atoms with E-state index in [9.17, 15) is 0 Å². The molecule has 96 valence electrons. The molecule has 5 heteroatoms. The molecule has 0 spiro atoms. The van der Waals surface area contributed by atoms with Crippen LogP contribution in [0.15, 0.2) is 11.4 Å². The van der Waals surface area contributed by atoms with Crippen LogP contribution in [0, 0.1) is 6.92 Å². The molecule has 0 radical (unpaired) electrons. The largest absolute Gasteiger partial charge is 0.386 e. The van der Waals surface area contributed by atoms with E-state index in [-0.39, 0.29) is 5.94 Å². The fraction of sp³-hybridized carbons (Fsp3) is 0.667. The minimum absolute atomic E-state index is 0.268. The maximum Gasteiger partial charge on any atom is 0.0885 e. The van der Waals surface area contributed by atoms with Gasteiger partial charge in [-0.2, -0.15) is 0 Å². The highest BCUT2D eigenvalue weighted by Gasteiger charge is 2.27. The summed E-state index contributed by atoms with van der Waals surface area (Å²) in [5.41, 5.74) is 1.40. The first kappa shape index (κ1) is 14.1. The summed E-state index contributed by atoms with van der Waals surface area (Å²) in [6.07, 6.45) is 2.53. The summed E-state index contributed by atoms with van der Waals surface area (Å²) in [5, 5.41) is 11.8. The molecule has 1 aliphatic rings. The highest BCUT2D eigenvalue weighted by atomic mass is 32.2. The third-order valence-electron chi connectivity index (χ3n) is 2.64. The lowest BCUT2D eigenvalue weighted by Crippen LogP contribution is -2.01. The minimum atomic E-state index is 0.268. The van der Waals surface area contributed by atoms with Gasteiger partial charge in [-0.05, 0) is 42.5 Å². The Morgan fingerprint density at radius 2 is 2.41 bits per heavy atom. The maximum absolute atomic E-state index is 8.71. The number of thioether (sulfide) groups is 3. The number of rotatable bonds is 6. The summed E-state index contributed by atoms with van der Waals surface area (Å²) < 4.78 is 0.671. The van der Waals surface area contributed by atoms with Gasteiger partial charge in [-0.1, -0.05) is 0 Å². The Hall–Kier alpha value is 0.710. The van der Waals surface area contributed by atoms with Crippen molar-refractivity contribution < 1.29 is 5.11 Å². The van der Waals surface area contributed by atoms with E-state index < -0.39 is 0 Å². The molecule has 1 fully saturated rings. The molecule has 2 atom stereocenters. The number of aliphatic hydroxyl groups excluding tert-OH is 1. The molecule has 1 aromatic rings. The highest BCUT2D eigenvalue weighted by molar-refractivity contribution is 8.20. The van der Waals surface area contributed by atoms with Gasteiger partial charge >= 0.3 is 0 Å². The van der Waals surface area contributed by atoms with Crippen molar-refractivity contribution in [3.05, 3.63) is 21.9 Å². The van der Waals surface area contributed by atoms with Gasteiger partial charge in [0.2, 0.25) is 0 Å². The molecule has 1 saturated heterocycles. The summed E-state index contributed by atoms with van der Waals surface area (Å²) in [6, 6.07) is 2.33. The number of aryl methyl sites for hydroxylation is 1. The van der Waals surface area contributed by atoms with Gasteiger partial charge in [0.15, 0.2) is 0 Å². The van der Waals surface area contributed by atoms with E-state index in [1.165, 1.54) is 29.0 Å². The average Bonchev–Trinajstić information content (AvgIpc) is 2.93. The smallest absolute Gasteiger partial charge is 0.0885 e. The zero-order chi connectivity index (χ0) is 12.1. The van der Waals surface area contributed by atoms with Crippen LogP contribution in [-0.2, 0) is 0 Å². The number of hydrogen-bond acceptors (Lipinski definition) is 5. The summed E-state index contributed by atoms with van der Waals surface area (Å²) in [6.45, 7) is 2.17. The predicted octanol–water partition coefficient (Wildman–Crippen LogP) is 4.37. The van der Waals surface area contributed by atoms with E-state index in [4.69, 9.17) is 5.11 Å². The Bertz CT molecular complexity index is 339. The lowest BCUT2D eigenvalue weighted by Gasteiger charge is -2.08. The molecule has 0 aliphatic carbocycles. The van der Waals surface area contributed by atoms with Crippen LogP contribution in [-0.4, -0.2) is 27.8 Å². The first-order valence-corrected chi connectivity index (χ1v) is 9.83. The van der Waals surface area contributed by atoms with Crippen molar-refractivity contribution in [3.8, 4) is 0 Å². The van der Waals surface area contributed by atoms with Gasteiger partial charge in [-0.25, -0.2) is 0 Å². The van der Waals surface area contributed by atoms with Crippen LogP contribution in [0.3, 0.4) is 0 Å². The second kappa shape index (κ2) is 7.34. The molecule has 0 bridgehead atoms. The van der Waals surface area contributed by atoms with Crippen molar-refractivity contribution in [2.24, 2.45) is 0 Å². The van der Waals surface area contributed by atoms with E-state index in [0.717, 1.165) is 11.0 Å². The van der Waals surface area contributed by atoms with Crippen molar-refractivity contribution in [2.75, 3.05) is 17.4 Å². The fourth-order valence-corrected chi connectivity index (χ4v) is 6.98. The predicted molar refractivity (Wildman–Crippen MR) is 84.4 cm³/mol. The quantitative estimate of drug-likeness (QED) is 0.622. The van der Waals surface area contributed by atoms with Crippen LogP contribution in [0.2, 0.25) is 0 Å². The van der Waals surface area contributed by atoms with Crippen LogP contribution in [0.1, 0.15) is 27.9 Å². The first-order valence-electron chi connectivity index (χ1n) is 5.80. The van der Waals surface area contributed by atoms with Crippen molar-refractivity contribution >= 4 is 46.6 Å². The van der Waals surface area contributed by atoms with Crippen LogP contribution in [0.5, 0.6) is 0 Å². The second-order valence-corrected chi connectivity index (χ2v) is 8.99. The molecular formula is C12H18OS4. The van der Waals surface area contributed by atoms with E-state index in [0.29, 0.717) is 4.58 Å². The molecular weight excluding hydrogens is 288 g/mol. The molecule has 0 saturated carbocycles. The molecule has 17 heavy (non-hydrogen) atoms. The Balaban J connectivity index is 1.72. The normalized spacial score (nSPS) is 24.4. The monoisotopic (exact) mass is 306 g/mol. The Kier molecular flexibility index (Phi) is 6.10. The van der Waals surface area contributed by atoms with Crippen molar-refractivity contribution in [1.82, 2.24) is 0 Å². The summed E-state index contributed by atoms with van der Waals surface area (Å²) >= 11 is 7.77. The molecule has 0 aromatic carbocycles.